The number of nitrogens with zero attached hydrogens (tertiary/aromatic N) is 4. The minimum atomic E-state index is -4.85. The number of alkyl halides is 3. The van der Waals surface area contributed by atoms with E-state index in [-0.39, 0.29) is 5.69 Å². The van der Waals surface area contributed by atoms with Gasteiger partial charge in [-0.25, -0.2) is 4.99 Å². The summed E-state index contributed by atoms with van der Waals surface area (Å²) < 4.78 is 43.6. The van der Waals surface area contributed by atoms with Gasteiger partial charge in [0.15, 0.2) is 5.60 Å². The highest BCUT2D eigenvalue weighted by Gasteiger charge is 2.56. The number of rotatable bonds is 11. The molecule has 0 amide bonds. The Morgan fingerprint density at radius 1 is 1.14 bits per heavy atom. The van der Waals surface area contributed by atoms with Crippen LogP contribution in [0.25, 0.3) is 0 Å². The maximum absolute atomic E-state index is 14.5. The van der Waals surface area contributed by atoms with Crippen molar-refractivity contribution in [3.8, 4) is 0 Å². The van der Waals surface area contributed by atoms with E-state index in [1.165, 1.54) is 6.42 Å². The molecule has 9 heteroatoms. The highest BCUT2D eigenvalue weighted by Crippen LogP contribution is 2.45. The SMILES string of the molecule is C=C/C(=C\C(=C/C)C1=CN(C)CN=CC1)C(C)(C)CC(O)(Cc1ccc(/C=N\C(=C/C)N2CCCCC2)[nH]1)C(F)(F)F. The second-order valence-electron chi connectivity index (χ2n) is 11.8. The van der Waals surface area contributed by atoms with Crippen LogP contribution in [0.2, 0.25) is 0 Å². The van der Waals surface area contributed by atoms with Crippen molar-refractivity contribution in [3.05, 3.63) is 83.1 Å². The molecule has 3 heterocycles. The Labute approximate surface area is 248 Å². The first kappa shape index (κ1) is 33.2. The molecule has 2 aliphatic rings. The van der Waals surface area contributed by atoms with Crippen molar-refractivity contribution in [2.75, 3.05) is 26.8 Å². The lowest BCUT2D eigenvalue weighted by Gasteiger charge is -2.38. The molecule has 0 spiro atoms. The Hall–Kier alpha value is -3.33. The number of halogens is 3. The smallest absolute Gasteiger partial charge is 0.380 e. The van der Waals surface area contributed by atoms with Gasteiger partial charge in [0, 0.05) is 51.1 Å². The van der Waals surface area contributed by atoms with Crippen LogP contribution in [-0.4, -0.2) is 70.9 Å². The maximum Gasteiger partial charge on any atom is 0.417 e. The first-order chi connectivity index (χ1) is 19.8. The number of aromatic nitrogens is 1. The predicted molar refractivity (Wildman–Crippen MR) is 167 cm³/mol. The number of allylic oxidation sites excluding steroid dienone is 7. The number of hydrogen-bond acceptors (Lipinski definition) is 5. The summed E-state index contributed by atoms with van der Waals surface area (Å²) in [6, 6.07) is 3.28. The molecule has 3 rings (SSSR count). The number of likely N-dealkylation sites (tertiary alicyclic amines) is 1. The molecule has 1 aromatic rings. The van der Waals surface area contributed by atoms with Crippen molar-refractivity contribution < 1.29 is 18.3 Å². The van der Waals surface area contributed by atoms with E-state index < -0.39 is 30.0 Å². The fourth-order valence-corrected chi connectivity index (χ4v) is 5.61. The third-order valence-electron chi connectivity index (χ3n) is 7.90. The van der Waals surface area contributed by atoms with Crippen LogP contribution < -0.4 is 0 Å². The summed E-state index contributed by atoms with van der Waals surface area (Å²) in [5.74, 6) is 0.849. The van der Waals surface area contributed by atoms with Crippen LogP contribution in [0.1, 0.15) is 71.2 Å². The fourth-order valence-electron chi connectivity index (χ4n) is 5.61. The lowest BCUT2D eigenvalue weighted by molar-refractivity contribution is -0.268. The van der Waals surface area contributed by atoms with Crippen LogP contribution in [0.5, 0.6) is 0 Å². The average molecular weight is 586 g/mol. The molecule has 6 nitrogen and oxygen atoms in total. The van der Waals surface area contributed by atoms with Crippen LogP contribution in [-0.2, 0) is 6.42 Å². The van der Waals surface area contributed by atoms with Crippen molar-refractivity contribution in [1.82, 2.24) is 14.8 Å². The van der Waals surface area contributed by atoms with E-state index in [9.17, 15) is 18.3 Å². The van der Waals surface area contributed by atoms with Crippen LogP contribution in [0.15, 0.2) is 81.7 Å². The number of aliphatic imine (C=N–C) groups is 2. The van der Waals surface area contributed by atoms with Crippen molar-refractivity contribution in [2.45, 2.75) is 78.0 Å². The second-order valence-corrected chi connectivity index (χ2v) is 11.8. The predicted octanol–water partition coefficient (Wildman–Crippen LogP) is 7.34. The summed E-state index contributed by atoms with van der Waals surface area (Å²) in [6.07, 6.45) is 10.9. The molecule has 1 saturated heterocycles. The van der Waals surface area contributed by atoms with Gasteiger partial charge in [0.2, 0.25) is 0 Å². The van der Waals surface area contributed by atoms with Gasteiger partial charge in [0.05, 0.1) is 11.9 Å². The first-order valence-electron chi connectivity index (χ1n) is 14.6. The molecule has 42 heavy (non-hydrogen) atoms. The first-order valence-corrected chi connectivity index (χ1v) is 14.6. The molecular formula is C33H46F3N5O. The molecule has 2 N–H and O–H groups in total. The zero-order valence-electron chi connectivity index (χ0n) is 25.6. The van der Waals surface area contributed by atoms with E-state index in [2.05, 4.69) is 26.4 Å². The van der Waals surface area contributed by atoms with Gasteiger partial charge in [-0.1, -0.05) is 38.7 Å². The van der Waals surface area contributed by atoms with Crippen molar-refractivity contribution in [1.29, 1.82) is 0 Å². The summed E-state index contributed by atoms with van der Waals surface area (Å²) in [5, 5.41) is 11.2. The Morgan fingerprint density at radius 2 is 1.86 bits per heavy atom. The summed E-state index contributed by atoms with van der Waals surface area (Å²) in [6.45, 7) is 13.6. The van der Waals surface area contributed by atoms with Gasteiger partial charge in [-0.15, -0.1) is 0 Å². The molecule has 0 saturated carbocycles. The van der Waals surface area contributed by atoms with Crippen LogP contribution >= 0.6 is 0 Å². The van der Waals surface area contributed by atoms with Crippen molar-refractivity contribution >= 4 is 12.4 Å². The van der Waals surface area contributed by atoms with Gasteiger partial charge in [0.1, 0.15) is 12.5 Å². The van der Waals surface area contributed by atoms with E-state index in [1.54, 1.807) is 38.3 Å². The fraction of sp³-hybridized carbons (Fsp3) is 0.515. The molecule has 0 bridgehead atoms. The Morgan fingerprint density at radius 3 is 2.48 bits per heavy atom. The number of H-pyrrole nitrogens is 1. The number of nitrogens with one attached hydrogen (secondary N) is 1. The van der Waals surface area contributed by atoms with Crippen molar-refractivity contribution in [3.63, 3.8) is 0 Å². The molecule has 1 atom stereocenters. The van der Waals surface area contributed by atoms with Crippen LogP contribution in [0.4, 0.5) is 13.2 Å². The molecule has 1 aromatic heterocycles. The quantitative estimate of drug-likeness (QED) is 0.211. The normalized spacial score (nSPS) is 19.6. The number of piperidine rings is 1. The lowest BCUT2D eigenvalue weighted by Crippen LogP contribution is -2.50. The number of aliphatic hydroxyl groups is 1. The third kappa shape index (κ3) is 8.60. The summed E-state index contributed by atoms with van der Waals surface area (Å²) in [4.78, 5) is 16.1. The van der Waals surface area contributed by atoms with Gasteiger partial charge < -0.3 is 19.9 Å². The Kier molecular flexibility index (Phi) is 11.2. The maximum atomic E-state index is 14.5. The lowest BCUT2D eigenvalue weighted by atomic mass is 9.72. The summed E-state index contributed by atoms with van der Waals surface area (Å²) >= 11 is 0. The van der Waals surface area contributed by atoms with E-state index >= 15 is 0 Å². The van der Waals surface area contributed by atoms with Gasteiger partial charge in [-0.05, 0) is 79.9 Å². The van der Waals surface area contributed by atoms with Gasteiger partial charge in [-0.2, -0.15) is 13.2 Å². The van der Waals surface area contributed by atoms with E-state index in [0.717, 1.165) is 42.9 Å². The molecule has 230 valence electrons. The number of hydrogen-bond donors (Lipinski definition) is 2. The highest BCUT2D eigenvalue weighted by molar-refractivity contribution is 5.78. The van der Waals surface area contributed by atoms with E-state index in [1.807, 2.05) is 56.4 Å². The zero-order chi connectivity index (χ0) is 31.0. The average Bonchev–Trinajstić information content (AvgIpc) is 3.26. The van der Waals surface area contributed by atoms with Gasteiger partial charge >= 0.3 is 6.18 Å². The highest BCUT2D eigenvalue weighted by atomic mass is 19.4. The molecule has 0 aromatic carbocycles. The zero-order valence-corrected chi connectivity index (χ0v) is 25.6. The standard InChI is InChI=1S/C33H46F3N5O/c1-7-25(26-15-16-37-24-40(6)22-26)19-27(8-2)31(4,5)23-32(42,33(34,35)36)20-28-13-14-29(39-28)21-38-30(9-3)41-17-11-10-12-18-41/h7-9,13-14,16,19,21-22,39,42H,2,10-12,15,17-18,20,23-24H2,1,3-6H3/b25-7+,27-19+,30-9+,38-21-. The summed E-state index contributed by atoms with van der Waals surface area (Å²) in [7, 11) is 1.92. The molecule has 0 radical (unpaired) electrons. The van der Waals surface area contributed by atoms with E-state index in [4.69, 9.17) is 0 Å². The topological polar surface area (TPSA) is 67.2 Å². The van der Waals surface area contributed by atoms with E-state index in [0.29, 0.717) is 24.4 Å². The van der Waals surface area contributed by atoms with Crippen molar-refractivity contribution in [2.24, 2.45) is 15.4 Å². The molecule has 1 fully saturated rings. The summed E-state index contributed by atoms with van der Waals surface area (Å²) in [5.41, 5.74) is -0.644. The Balaban J connectivity index is 1.82. The molecular weight excluding hydrogens is 539 g/mol. The largest absolute Gasteiger partial charge is 0.417 e. The van der Waals surface area contributed by atoms with Crippen LogP contribution in [0.3, 0.4) is 0 Å². The van der Waals surface area contributed by atoms with Gasteiger partial charge in [0.25, 0.3) is 0 Å². The van der Waals surface area contributed by atoms with Crippen LogP contribution in [0, 0.1) is 5.41 Å². The monoisotopic (exact) mass is 585 g/mol. The molecule has 2 aliphatic heterocycles. The molecule has 1 unspecified atom stereocenters. The minimum Gasteiger partial charge on any atom is -0.380 e. The Bertz CT molecular complexity index is 1260. The molecule has 0 aliphatic carbocycles. The number of aromatic amines is 1. The van der Waals surface area contributed by atoms with Gasteiger partial charge in [-0.3, -0.25) is 4.99 Å². The third-order valence-corrected chi connectivity index (χ3v) is 7.90. The minimum absolute atomic E-state index is 0.288. The second kappa shape index (κ2) is 14.2.